The van der Waals surface area contributed by atoms with Gasteiger partial charge < -0.3 is 15.6 Å². The monoisotopic (exact) mass is 299 g/mol. The van der Waals surface area contributed by atoms with Crippen molar-refractivity contribution in [1.82, 2.24) is 0 Å². The zero-order valence-electron chi connectivity index (χ0n) is 12.6. The van der Waals surface area contributed by atoms with Crippen molar-refractivity contribution in [3.8, 4) is 0 Å². The summed E-state index contributed by atoms with van der Waals surface area (Å²) in [5.74, 6) is -1.00. The molecule has 2 rings (SSSR count). The first-order valence-electron chi connectivity index (χ1n) is 7.36. The van der Waals surface area contributed by atoms with E-state index < -0.39 is 18.0 Å². The molecule has 0 saturated heterocycles. The maximum absolute atomic E-state index is 11.9. The maximum Gasteiger partial charge on any atom is 0.335 e. The summed E-state index contributed by atoms with van der Waals surface area (Å²) >= 11 is 0. The van der Waals surface area contributed by atoms with Gasteiger partial charge in [0.25, 0.3) is 0 Å². The van der Waals surface area contributed by atoms with Gasteiger partial charge in [-0.15, -0.1) is 0 Å². The number of para-hydroxylation sites is 1. The molecule has 0 radical (unpaired) electrons. The Balaban J connectivity index is 2.30. The van der Waals surface area contributed by atoms with Gasteiger partial charge in [0.05, 0.1) is 6.61 Å². The van der Waals surface area contributed by atoms with E-state index in [1.807, 2.05) is 54.6 Å². The van der Waals surface area contributed by atoms with E-state index in [0.29, 0.717) is 12.1 Å². The number of carbonyl (C=O) groups is 1. The van der Waals surface area contributed by atoms with Crippen molar-refractivity contribution in [3.05, 3.63) is 65.7 Å². The SMILES string of the molecule is CCOC(=O)[C@H](O)[C@H](Cc1ccccc1N)c1ccccc1. The lowest BCUT2D eigenvalue weighted by molar-refractivity contribution is -0.154. The Morgan fingerprint density at radius 3 is 2.41 bits per heavy atom. The van der Waals surface area contributed by atoms with Crippen molar-refractivity contribution in [3.63, 3.8) is 0 Å². The van der Waals surface area contributed by atoms with E-state index in [4.69, 9.17) is 10.5 Å². The fourth-order valence-electron chi connectivity index (χ4n) is 2.46. The lowest BCUT2D eigenvalue weighted by Gasteiger charge is -2.23. The van der Waals surface area contributed by atoms with Gasteiger partial charge in [0.2, 0.25) is 0 Å². The van der Waals surface area contributed by atoms with E-state index in [1.165, 1.54) is 0 Å². The highest BCUT2D eigenvalue weighted by Gasteiger charge is 2.29. The van der Waals surface area contributed by atoms with Crippen LogP contribution in [0.5, 0.6) is 0 Å². The Morgan fingerprint density at radius 1 is 1.14 bits per heavy atom. The second kappa shape index (κ2) is 7.61. The number of hydrogen-bond donors (Lipinski definition) is 2. The van der Waals surface area contributed by atoms with Crippen molar-refractivity contribution in [2.75, 3.05) is 12.3 Å². The van der Waals surface area contributed by atoms with Crippen LogP contribution in [-0.2, 0) is 16.0 Å². The number of ether oxygens (including phenoxy) is 1. The Kier molecular flexibility index (Phi) is 5.55. The van der Waals surface area contributed by atoms with E-state index in [2.05, 4.69) is 0 Å². The molecule has 0 aliphatic heterocycles. The van der Waals surface area contributed by atoms with Gasteiger partial charge in [-0.1, -0.05) is 48.5 Å². The lowest BCUT2D eigenvalue weighted by Crippen LogP contribution is -2.31. The highest BCUT2D eigenvalue weighted by atomic mass is 16.5. The third-order valence-corrected chi connectivity index (χ3v) is 3.63. The molecule has 116 valence electrons. The third kappa shape index (κ3) is 3.86. The summed E-state index contributed by atoms with van der Waals surface area (Å²) in [6.07, 6.45) is -0.751. The molecular formula is C18H21NO3. The molecule has 2 aromatic rings. The van der Waals surface area contributed by atoms with Gasteiger partial charge in [-0.3, -0.25) is 0 Å². The minimum absolute atomic E-state index is 0.241. The van der Waals surface area contributed by atoms with Gasteiger partial charge in [0.1, 0.15) is 0 Å². The highest BCUT2D eigenvalue weighted by molar-refractivity contribution is 5.76. The summed E-state index contributed by atoms with van der Waals surface area (Å²) in [4.78, 5) is 11.9. The van der Waals surface area contributed by atoms with Crippen LogP contribution in [-0.4, -0.2) is 23.8 Å². The number of esters is 1. The molecule has 0 aliphatic carbocycles. The molecule has 0 unspecified atom stereocenters. The Bertz CT molecular complexity index is 613. The molecule has 0 spiro atoms. The van der Waals surface area contributed by atoms with Crippen LogP contribution >= 0.6 is 0 Å². The highest BCUT2D eigenvalue weighted by Crippen LogP contribution is 2.27. The van der Waals surface area contributed by atoms with Crippen LogP contribution in [0.1, 0.15) is 24.0 Å². The third-order valence-electron chi connectivity index (χ3n) is 3.63. The molecule has 0 bridgehead atoms. The molecule has 0 aliphatic rings. The Labute approximate surface area is 130 Å². The molecule has 0 amide bonds. The molecule has 4 heteroatoms. The molecule has 22 heavy (non-hydrogen) atoms. The van der Waals surface area contributed by atoms with E-state index >= 15 is 0 Å². The van der Waals surface area contributed by atoms with Gasteiger partial charge in [-0.05, 0) is 30.5 Å². The van der Waals surface area contributed by atoms with Gasteiger partial charge in [0.15, 0.2) is 6.10 Å². The van der Waals surface area contributed by atoms with Crippen LogP contribution in [0.4, 0.5) is 5.69 Å². The second-order valence-corrected chi connectivity index (χ2v) is 5.12. The normalized spacial score (nSPS) is 13.4. The molecule has 0 aromatic heterocycles. The van der Waals surface area contributed by atoms with Crippen molar-refractivity contribution in [2.24, 2.45) is 0 Å². The summed E-state index contributed by atoms with van der Waals surface area (Å²) in [6, 6.07) is 16.9. The number of nitrogen functional groups attached to an aromatic ring is 1. The fraction of sp³-hybridized carbons (Fsp3) is 0.278. The largest absolute Gasteiger partial charge is 0.464 e. The van der Waals surface area contributed by atoms with Crippen molar-refractivity contribution < 1.29 is 14.6 Å². The second-order valence-electron chi connectivity index (χ2n) is 5.12. The van der Waals surface area contributed by atoms with Crippen LogP contribution in [0.3, 0.4) is 0 Å². The lowest BCUT2D eigenvalue weighted by atomic mass is 9.87. The molecule has 2 atom stereocenters. The number of nitrogens with two attached hydrogens (primary N) is 1. The van der Waals surface area contributed by atoms with Crippen molar-refractivity contribution in [2.45, 2.75) is 25.4 Å². The predicted octanol–water partition coefficient (Wildman–Crippen LogP) is 2.52. The molecule has 0 heterocycles. The first kappa shape index (κ1) is 16.0. The van der Waals surface area contributed by atoms with Crippen LogP contribution in [0, 0.1) is 0 Å². The zero-order chi connectivity index (χ0) is 15.9. The number of hydrogen-bond acceptors (Lipinski definition) is 4. The molecule has 4 nitrogen and oxygen atoms in total. The van der Waals surface area contributed by atoms with Crippen LogP contribution in [0.2, 0.25) is 0 Å². The van der Waals surface area contributed by atoms with Gasteiger partial charge in [-0.2, -0.15) is 0 Å². The van der Waals surface area contributed by atoms with Gasteiger partial charge >= 0.3 is 5.97 Å². The molecular weight excluding hydrogens is 278 g/mol. The standard InChI is InChI=1S/C18H21NO3/c1-2-22-18(21)17(20)15(13-8-4-3-5-9-13)12-14-10-6-7-11-16(14)19/h3-11,15,17,20H,2,12,19H2,1H3/t15-,17-/m1/s1. The first-order chi connectivity index (χ1) is 10.6. The number of anilines is 1. The molecule has 0 fully saturated rings. The van der Waals surface area contributed by atoms with E-state index in [-0.39, 0.29) is 6.61 Å². The fourth-order valence-corrected chi connectivity index (χ4v) is 2.46. The minimum atomic E-state index is -1.22. The number of carbonyl (C=O) groups excluding carboxylic acids is 1. The van der Waals surface area contributed by atoms with Gasteiger partial charge in [0, 0.05) is 11.6 Å². The van der Waals surface area contributed by atoms with Gasteiger partial charge in [-0.25, -0.2) is 4.79 Å². The Morgan fingerprint density at radius 2 is 1.77 bits per heavy atom. The average molecular weight is 299 g/mol. The molecule has 3 N–H and O–H groups in total. The van der Waals surface area contributed by atoms with Crippen molar-refractivity contribution >= 4 is 11.7 Å². The smallest absolute Gasteiger partial charge is 0.335 e. The van der Waals surface area contributed by atoms with Crippen LogP contribution in [0.15, 0.2) is 54.6 Å². The first-order valence-corrected chi connectivity index (χ1v) is 7.36. The summed E-state index contributed by atoms with van der Waals surface area (Å²) in [5.41, 5.74) is 8.42. The zero-order valence-corrected chi connectivity index (χ0v) is 12.6. The predicted molar refractivity (Wildman–Crippen MR) is 86.4 cm³/mol. The number of rotatable bonds is 6. The average Bonchev–Trinajstić information content (AvgIpc) is 2.54. The summed E-state index contributed by atoms with van der Waals surface area (Å²) in [5, 5.41) is 10.4. The quantitative estimate of drug-likeness (QED) is 0.635. The van der Waals surface area contributed by atoms with E-state index in [0.717, 1.165) is 11.1 Å². The minimum Gasteiger partial charge on any atom is -0.464 e. The number of aliphatic hydroxyl groups is 1. The topological polar surface area (TPSA) is 72.5 Å². The van der Waals surface area contributed by atoms with E-state index in [1.54, 1.807) is 6.92 Å². The summed E-state index contributed by atoms with van der Waals surface area (Å²) < 4.78 is 4.95. The van der Waals surface area contributed by atoms with Crippen LogP contribution < -0.4 is 5.73 Å². The van der Waals surface area contributed by atoms with E-state index in [9.17, 15) is 9.90 Å². The van der Waals surface area contributed by atoms with Crippen molar-refractivity contribution in [1.29, 1.82) is 0 Å². The number of benzene rings is 2. The summed E-state index contributed by atoms with van der Waals surface area (Å²) in [7, 11) is 0. The molecule has 2 aromatic carbocycles. The molecule has 0 saturated carbocycles. The maximum atomic E-state index is 11.9. The van der Waals surface area contributed by atoms with Crippen LogP contribution in [0.25, 0.3) is 0 Å². The Hall–Kier alpha value is -2.33. The summed E-state index contributed by atoms with van der Waals surface area (Å²) in [6.45, 7) is 1.96. The number of aliphatic hydroxyl groups excluding tert-OH is 1.